The van der Waals surface area contributed by atoms with Crippen LogP contribution in [0.4, 0.5) is 16.5 Å². The maximum Gasteiger partial charge on any atom is 0.278 e. The molecule has 0 aliphatic carbocycles. The summed E-state index contributed by atoms with van der Waals surface area (Å²) >= 11 is 1.34. The number of non-ortho nitro benzene ring substituents is 1. The highest BCUT2D eigenvalue weighted by Gasteiger charge is 2.18. The Bertz CT molecular complexity index is 1410. The second-order valence-corrected chi connectivity index (χ2v) is 8.50. The lowest BCUT2D eigenvalue weighted by atomic mass is 10.0. The van der Waals surface area contributed by atoms with Gasteiger partial charge in [0.05, 0.1) is 32.2 Å². The third-order valence-electron chi connectivity index (χ3n) is 5.10. The fourth-order valence-electron chi connectivity index (χ4n) is 3.48. The lowest BCUT2D eigenvalue weighted by Gasteiger charge is -2.07. The smallest absolute Gasteiger partial charge is 0.258 e. The average molecular weight is 474 g/mol. The maximum absolute atomic E-state index is 11.2. The summed E-state index contributed by atoms with van der Waals surface area (Å²) < 4.78 is 0. The molecule has 0 amide bonds. The highest BCUT2D eigenvalue weighted by molar-refractivity contribution is 7.19. The second-order valence-electron chi connectivity index (χ2n) is 7.51. The maximum atomic E-state index is 11.2. The lowest BCUT2D eigenvalue weighted by molar-refractivity contribution is -0.385. The number of nitro groups is 2. The third-order valence-corrected chi connectivity index (χ3v) is 6.11. The van der Waals surface area contributed by atoms with Gasteiger partial charge >= 0.3 is 0 Å². The third kappa shape index (κ3) is 4.81. The van der Waals surface area contributed by atoms with Crippen LogP contribution in [-0.4, -0.2) is 21.0 Å². The normalized spacial score (nSPS) is 11.0. The number of nitrogens with zero attached hydrogens (tertiary/aromatic N) is 4. The van der Waals surface area contributed by atoms with E-state index in [0.717, 1.165) is 32.8 Å². The van der Waals surface area contributed by atoms with Crippen LogP contribution >= 0.6 is 11.3 Å². The number of hydrazone groups is 1. The average Bonchev–Trinajstić information content (AvgIpc) is 3.23. The number of rotatable bonds is 7. The Kier molecular flexibility index (Phi) is 6.42. The van der Waals surface area contributed by atoms with E-state index in [1.165, 1.54) is 35.8 Å². The van der Waals surface area contributed by atoms with Gasteiger partial charge in [0.15, 0.2) is 0 Å². The van der Waals surface area contributed by atoms with Crippen LogP contribution in [0.15, 0.2) is 71.8 Å². The minimum atomic E-state index is -0.463. The summed E-state index contributed by atoms with van der Waals surface area (Å²) in [6, 6.07) is 18.7. The summed E-state index contributed by atoms with van der Waals surface area (Å²) in [6.07, 6.45) is 1.38. The molecule has 1 aromatic heterocycles. The molecule has 0 spiro atoms. The minimum absolute atomic E-state index is 0.00809. The van der Waals surface area contributed by atoms with Gasteiger partial charge in [-0.1, -0.05) is 47.2 Å². The lowest BCUT2D eigenvalue weighted by Crippen LogP contribution is -1.96. The summed E-state index contributed by atoms with van der Waals surface area (Å²) in [6.45, 7) is 4.01. The number of hydrogen-bond donors (Lipinski definition) is 1. The van der Waals surface area contributed by atoms with Crippen LogP contribution in [0.1, 0.15) is 16.7 Å². The van der Waals surface area contributed by atoms with Crippen LogP contribution in [0, 0.1) is 34.1 Å². The molecule has 0 aliphatic rings. The predicted molar refractivity (Wildman–Crippen MR) is 133 cm³/mol. The van der Waals surface area contributed by atoms with E-state index < -0.39 is 9.85 Å². The quantitative estimate of drug-likeness (QED) is 0.189. The highest BCUT2D eigenvalue weighted by atomic mass is 32.1. The molecule has 170 valence electrons. The Labute approximate surface area is 198 Å². The Hall–Kier alpha value is -4.44. The number of aromatic nitrogens is 1. The van der Waals surface area contributed by atoms with Crippen molar-refractivity contribution in [1.82, 2.24) is 4.98 Å². The molecule has 34 heavy (non-hydrogen) atoms. The number of nitrogens with one attached hydrogen (secondary N) is 1. The van der Waals surface area contributed by atoms with Crippen LogP contribution in [0.3, 0.4) is 0 Å². The van der Waals surface area contributed by atoms with Gasteiger partial charge in [-0.05, 0) is 43.2 Å². The predicted octanol–water partition coefficient (Wildman–Crippen LogP) is 6.36. The monoisotopic (exact) mass is 473 g/mol. The van der Waals surface area contributed by atoms with E-state index in [1.54, 1.807) is 30.3 Å². The van der Waals surface area contributed by atoms with Crippen LogP contribution in [-0.2, 0) is 0 Å². The number of benzene rings is 3. The molecule has 0 saturated carbocycles. The fourth-order valence-corrected chi connectivity index (χ4v) is 4.41. The Morgan fingerprint density at radius 3 is 2.38 bits per heavy atom. The molecule has 1 N–H and O–H groups in total. The molecular formula is C24H19N5O4S. The number of thiazole rings is 1. The molecule has 0 radical (unpaired) electrons. The van der Waals surface area contributed by atoms with Crippen molar-refractivity contribution in [3.8, 4) is 21.7 Å². The topological polar surface area (TPSA) is 124 Å². The van der Waals surface area contributed by atoms with E-state index >= 15 is 0 Å². The molecule has 4 rings (SSSR count). The zero-order valence-corrected chi connectivity index (χ0v) is 19.1. The van der Waals surface area contributed by atoms with Crippen molar-refractivity contribution < 1.29 is 9.85 Å². The van der Waals surface area contributed by atoms with Crippen molar-refractivity contribution in [2.45, 2.75) is 13.8 Å². The van der Waals surface area contributed by atoms with Crippen LogP contribution < -0.4 is 5.43 Å². The first-order valence-corrected chi connectivity index (χ1v) is 11.0. The molecule has 0 unspecified atom stereocenters. The van der Waals surface area contributed by atoms with Crippen molar-refractivity contribution >= 4 is 34.1 Å². The van der Waals surface area contributed by atoms with Gasteiger partial charge in [0.25, 0.3) is 11.4 Å². The zero-order valence-electron chi connectivity index (χ0n) is 18.3. The first-order valence-electron chi connectivity index (χ1n) is 10.2. The highest BCUT2D eigenvalue weighted by Crippen LogP contribution is 2.40. The van der Waals surface area contributed by atoms with Crippen molar-refractivity contribution in [3.05, 3.63) is 104 Å². The van der Waals surface area contributed by atoms with E-state index in [4.69, 9.17) is 4.98 Å². The SMILES string of the molecule is Cc1ccc(-c2nc(N/N=C\c3ccccc3[N+](=O)[O-])sc2-c2ccc([N+](=O)[O-])cc2)c(C)c1. The largest absolute Gasteiger partial charge is 0.278 e. The Balaban J connectivity index is 1.72. The van der Waals surface area contributed by atoms with Crippen molar-refractivity contribution in [1.29, 1.82) is 0 Å². The van der Waals surface area contributed by atoms with Gasteiger partial charge in [0.1, 0.15) is 0 Å². The van der Waals surface area contributed by atoms with Crippen LogP contribution in [0.2, 0.25) is 0 Å². The molecule has 10 heteroatoms. The Morgan fingerprint density at radius 2 is 1.71 bits per heavy atom. The van der Waals surface area contributed by atoms with Gasteiger partial charge in [-0.15, -0.1) is 0 Å². The molecule has 0 atom stereocenters. The van der Waals surface area contributed by atoms with E-state index in [0.29, 0.717) is 10.7 Å². The van der Waals surface area contributed by atoms with Gasteiger partial charge in [0.2, 0.25) is 5.13 Å². The molecule has 0 bridgehead atoms. The number of aryl methyl sites for hydroxylation is 2. The van der Waals surface area contributed by atoms with E-state index in [1.807, 2.05) is 26.0 Å². The number of nitro benzene ring substituents is 2. The van der Waals surface area contributed by atoms with Gasteiger partial charge in [-0.3, -0.25) is 25.7 Å². The summed E-state index contributed by atoms with van der Waals surface area (Å²) in [4.78, 5) is 26.9. The minimum Gasteiger partial charge on any atom is -0.258 e. The van der Waals surface area contributed by atoms with E-state index in [-0.39, 0.29) is 11.4 Å². The molecule has 9 nitrogen and oxygen atoms in total. The summed E-state index contributed by atoms with van der Waals surface area (Å²) in [5.41, 5.74) is 7.80. The molecule has 0 saturated heterocycles. The molecular weight excluding hydrogens is 454 g/mol. The number of anilines is 1. The van der Waals surface area contributed by atoms with E-state index in [9.17, 15) is 20.2 Å². The van der Waals surface area contributed by atoms with Gasteiger partial charge in [0, 0.05) is 23.8 Å². The van der Waals surface area contributed by atoms with Crippen LogP contribution in [0.5, 0.6) is 0 Å². The molecule has 1 heterocycles. The van der Waals surface area contributed by atoms with Crippen molar-refractivity contribution in [3.63, 3.8) is 0 Å². The van der Waals surface area contributed by atoms with E-state index in [2.05, 4.69) is 16.6 Å². The zero-order chi connectivity index (χ0) is 24.2. The first-order chi connectivity index (χ1) is 16.3. The van der Waals surface area contributed by atoms with Crippen molar-refractivity contribution in [2.75, 3.05) is 5.43 Å². The summed E-state index contributed by atoms with van der Waals surface area (Å²) in [5.74, 6) is 0. The van der Waals surface area contributed by atoms with Crippen molar-refractivity contribution in [2.24, 2.45) is 5.10 Å². The standard InChI is InChI=1S/C24H19N5O4S/c1-15-7-12-20(16(2)13-15)22-23(17-8-10-19(11-9-17)28(30)31)34-24(26-22)27-25-14-18-5-3-4-6-21(18)29(32)33/h3-14H,1-2H3,(H,26,27)/b25-14-. The van der Waals surface area contributed by atoms with Gasteiger partial charge < -0.3 is 0 Å². The van der Waals surface area contributed by atoms with Gasteiger partial charge in [-0.2, -0.15) is 5.10 Å². The summed E-state index contributed by atoms with van der Waals surface area (Å²) in [7, 11) is 0. The first kappa shape index (κ1) is 22.7. The number of para-hydroxylation sites is 1. The second kappa shape index (κ2) is 9.59. The van der Waals surface area contributed by atoms with Crippen LogP contribution in [0.25, 0.3) is 21.7 Å². The van der Waals surface area contributed by atoms with Gasteiger partial charge in [-0.25, -0.2) is 4.98 Å². The molecule has 0 fully saturated rings. The molecule has 4 aromatic rings. The summed E-state index contributed by atoms with van der Waals surface area (Å²) in [5, 5.41) is 26.9. The fraction of sp³-hybridized carbons (Fsp3) is 0.0833. The number of hydrogen-bond acceptors (Lipinski definition) is 8. The molecule has 0 aliphatic heterocycles. The molecule has 3 aromatic carbocycles. The Morgan fingerprint density at radius 1 is 0.971 bits per heavy atom.